The molecule has 0 aromatic heterocycles. The average molecular weight is 417 g/mol. The number of rotatable bonds is 5. The molecule has 0 radical (unpaired) electrons. The van der Waals surface area contributed by atoms with Crippen LogP contribution in [0.25, 0.3) is 0 Å². The number of phenolic OH excluding ortho intramolecular Hbond substituents is 1. The van der Waals surface area contributed by atoms with Crippen LogP contribution in [0, 0.1) is 11.3 Å². The number of nitrogens with two attached hydrogens (primary N) is 1. The van der Waals surface area contributed by atoms with E-state index >= 15 is 0 Å². The van der Waals surface area contributed by atoms with Crippen LogP contribution in [0.5, 0.6) is 5.75 Å². The summed E-state index contributed by atoms with van der Waals surface area (Å²) >= 11 is 3.56. The van der Waals surface area contributed by atoms with Crippen molar-refractivity contribution >= 4 is 33.3 Å². The summed E-state index contributed by atoms with van der Waals surface area (Å²) in [6.45, 7) is 1.55. The maximum atomic E-state index is 10.5. The molecule has 0 aliphatic rings. The summed E-state index contributed by atoms with van der Waals surface area (Å²) in [5.41, 5.74) is 8.16. The monoisotopic (exact) mass is 416 g/mol. The molecule has 0 atom stereocenters. The Morgan fingerprint density at radius 2 is 1.92 bits per heavy atom. The fraction of sp³-hybridized carbons (Fsp3) is 0.263. The lowest BCUT2D eigenvalue weighted by Gasteiger charge is -2.22. The summed E-state index contributed by atoms with van der Waals surface area (Å²) in [6.07, 6.45) is 0. The third-order valence-electron chi connectivity index (χ3n) is 3.94. The molecule has 0 bridgehead atoms. The summed E-state index contributed by atoms with van der Waals surface area (Å²) < 4.78 is 2.77. The first kappa shape index (κ1) is 19.8. The van der Waals surface area contributed by atoms with Crippen LogP contribution in [0.1, 0.15) is 5.56 Å². The van der Waals surface area contributed by atoms with Crippen molar-refractivity contribution in [1.82, 2.24) is 4.90 Å². The molecule has 0 unspecified atom stereocenters. The van der Waals surface area contributed by atoms with Crippen LogP contribution in [0.3, 0.4) is 0 Å². The topological polar surface area (TPSA) is 79.5 Å². The zero-order valence-electron chi connectivity index (χ0n) is 15.1. The van der Waals surface area contributed by atoms with Crippen LogP contribution < -0.4 is 10.6 Å². The first-order valence-electron chi connectivity index (χ1n) is 8.11. The zero-order chi connectivity index (χ0) is 19.3. The SMILES string of the molecule is CN(C)CC[N+](C)=C(N)N(c1ccc(C#N)cc1O)c1ccccc1Br. The molecule has 0 saturated heterocycles. The summed E-state index contributed by atoms with van der Waals surface area (Å²) in [7, 11) is 5.91. The standard InChI is InChI=1S/C19H22BrN5O/c1-23(2)10-11-24(3)19(22)25(16-7-5-4-6-15(16)20)17-9-8-14(13-21)12-18(17)26/h4-9,12,22,26H,10-11H2,1-3H3/p+1. The van der Waals surface area contributed by atoms with Crippen molar-refractivity contribution in [2.75, 3.05) is 39.1 Å². The molecule has 0 aliphatic carbocycles. The maximum absolute atomic E-state index is 10.5. The average Bonchev–Trinajstić information content (AvgIpc) is 2.62. The van der Waals surface area contributed by atoms with Crippen molar-refractivity contribution in [2.24, 2.45) is 5.73 Å². The Bertz CT molecular complexity index is 857. The number of halogens is 1. The number of likely N-dealkylation sites (N-methyl/N-ethyl adjacent to an activating group) is 2. The minimum absolute atomic E-state index is 0.0104. The number of anilines is 2. The van der Waals surface area contributed by atoms with E-state index in [-0.39, 0.29) is 5.75 Å². The van der Waals surface area contributed by atoms with E-state index in [1.165, 1.54) is 6.07 Å². The van der Waals surface area contributed by atoms with Gasteiger partial charge in [0.25, 0.3) is 0 Å². The molecular formula is C19H23BrN5O+. The second-order valence-corrected chi connectivity index (χ2v) is 7.04. The molecule has 3 N–H and O–H groups in total. The molecule has 0 amide bonds. The lowest BCUT2D eigenvalue weighted by Crippen LogP contribution is -2.42. The van der Waals surface area contributed by atoms with Gasteiger partial charge in [0.2, 0.25) is 0 Å². The minimum atomic E-state index is -0.0104. The third-order valence-corrected chi connectivity index (χ3v) is 4.61. The number of nitrogens with zero attached hydrogens (tertiary/aromatic N) is 4. The van der Waals surface area contributed by atoms with Crippen LogP contribution in [0.15, 0.2) is 46.9 Å². The molecule has 0 fully saturated rings. The maximum Gasteiger partial charge on any atom is 0.355 e. The van der Waals surface area contributed by atoms with Gasteiger partial charge < -0.3 is 10.0 Å². The molecule has 6 nitrogen and oxygen atoms in total. The van der Waals surface area contributed by atoms with Crippen LogP contribution in [-0.4, -0.2) is 54.8 Å². The molecule has 0 heterocycles. The first-order valence-corrected chi connectivity index (χ1v) is 8.90. The summed E-state index contributed by atoms with van der Waals surface area (Å²) in [5.74, 6) is 0.461. The van der Waals surface area contributed by atoms with E-state index in [9.17, 15) is 5.11 Å². The van der Waals surface area contributed by atoms with Gasteiger partial charge >= 0.3 is 5.96 Å². The molecule has 2 rings (SSSR count). The highest BCUT2D eigenvalue weighted by molar-refractivity contribution is 9.10. The van der Waals surface area contributed by atoms with E-state index in [1.54, 1.807) is 17.0 Å². The predicted molar refractivity (Wildman–Crippen MR) is 108 cm³/mol. The molecule has 2 aromatic carbocycles. The van der Waals surface area contributed by atoms with Crippen LogP contribution in [0.2, 0.25) is 0 Å². The van der Waals surface area contributed by atoms with Gasteiger partial charge in [-0.3, -0.25) is 10.3 Å². The summed E-state index contributed by atoms with van der Waals surface area (Å²) in [4.78, 5) is 3.85. The number of hydrogen-bond acceptors (Lipinski definition) is 3. The molecular weight excluding hydrogens is 394 g/mol. The van der Waals surface area contributed by atoms with E-state index in [0.29, 0.717) is 17.2 Å². The van der Waals surface area contributed by atoms with Gasteiger partial charge in [-0.25, -0.2) is 0 Å². The van der Waals surface area contributed by atoms with Crippen LogP contribution >= 0.6 is 15.9 Å². The smallest absolute Gasteiger partial charge is 0.355 e. The van der Waals surface area contributed by atoms with Crippen molar-refractivity contribution in [1.29, 1.82) is 5.26 Å². The first-order chi connectivity index (χ1) is 12.3. The van der Waals surface area contributed by atoms with Gasteiger partial charge in [0.05, 0.1) is 29.7 Å². The Morgan fingerprint density at radius 3 is 2.50 bits per heavy atom. The Hall–Kier alpha value is -2.56. The Labute approximate surface area is 162 Å². The van der Waals surface area contributed by atoms with Gasteiger partial charge in [0.1, 0.15) is 11.4 Å². The molecule has 7 heteroatoms. The number of benzene rings is 2. The number of nitriles is 1. The second-order valence-electron chi connectivity index (χ2n) is 6.19. The third kappa shape index (κ3) is 4.54. The lowest BCUT2D eigenvalue weighted by atomic mass is 10.1. The number of aromatic hydroxyl groups is 1. The number of guanidine groups is 1. The highest BCUT2D eigenvalue weighted by Gasteiger charge is 2.27. The van der Waals surface area contributed by atoms with Gasteiger partial charge in [-0.2, -0.15) is 10.2 Å². The Kier molecular flexibility index (Phi) is 6.61. The quantitative estimate of drug-likeness (QED) is 0.444. The van der Waals surface area contributed by atoms with Crippen molar-refractivity contribution in [2.45, 2.75) is 0 Å². The molecule has 2 aromatic rings. The van der Waals surface area contributed by atoms with E-state index < -0.39 is 0 Å². The molecule has 0 spiro atoms. The molecule has 0 aliphatic heterocycles. The minimum Gasteiger partial charge on any atom is -0.504 e. The van der Waals surface area contributed by atoms with E-state index in [0.717, 1.165) is 23.2 Å². The predicted octanol–water partition coefficient (Wildman–Crippen LogP) is 2.68. The lowest BCUT2D eigenvalue weighted by molar-refractivity contribution is -0.498. The highest BCUT2D eigenvalue weighted by atomic mass is 79.9. The molecule has 0 saturated carbocycles. The van der Waals surface area contributed by atoms with Gasteiger partial charge in [0, 0.05) is 12.6 Å². The highest BCUT2D eigenvalue weighted by Crippen LogP contribution is 2.37. The van der Waals surface area contributed by atoms with E-state index in [2.05, 4.69) is 20.8 Å². The van der Waals surface area contributed by atoms with E-state index in [4.69, 9.17) is 11.0 Å². The van der Waals surface area contributed by atoms with Gasteiger partial charge in [-0.15, -0.1) is 0 Å². The van der Waals surface area contributed by atoms with Crippen LogP contribution in [-0.2, 0) is 0 Å². The molecule has 136 valence electrons. The number of hydrogen-bond donors (Lipinski definition) is 2. The summed E-state index contributed by atoms with van der Waals surface area (Å²) in [6, 6.07) is 14.5. The second kappa shape index (κ2) is 8.70. The summed E-state index contributed by atoms with van der Waals surface area (Å²) in [5, 5.41) is 19.5. The number of phenols is 1. The molecule has 26 heavy (non-hydrogen) atoms. The Morgan fingerprint density at radius 1 is 1.23 bits per heavy atom. The largest absolute Gasteiger partial charge is 0.504 e. The zero-order valence-corrected chi connectivity index (χ0v) is 16.7. The fourth-order valence-electron chi connectivity index (χ4n) is 2.43. The van der Waals surface area contributed by atoms with Crippen molar-refractivity contribution in [3.05, 3.63) is 52.5 Å². The van der Waals surface area contributed by atoms with Crippen molar-refractivity contribution < 1.29 is 9.68 Å². The van der Waals surface area contributed by atoms with Gasteiger partial charge in [-0.1, -0.05) is 12.1 Å². The Balaban J connectivity index is 2.59. The van der Waals surface area contributed by atoms with Crippen LogP contribution in [0.4, 0.5) is 11.4 Å². The fourth-order valence-corrected chi connectivity index (χ4v) is 2.89. The number of para-hydroxylation sites is 1. The van der Waals surface area contributed by atoms with Crippen molar-refractivity contribution in [3.8, 4) is 11.8 Å². The van der Waals surface area contributed by atoms with Crippen molar-refractivity contribution in [3.63, 3.8) is 0 Å². The van der Waals surface area contributed by atoms with E-state index in [1.807, 2.05) is 56.1 Å². The van der Waals surface area contributed by atoms with Gasteiger partial charge in [0.15, 0.2) is 5.75 Å². The normalized spacial score (nSPS) is 11.8. The van der Waals surface area contributed by atoms with Gasteiger partial charge in [-0.05, 0) is 54.3 Å².